The van der Waals surface area contributed by atoms with Crippen LogP contribution in [0.5, 0.6) is 0 Å². The molecular weight excluding hydrogens is 250 g/mol. The largest absolute Gasteiger partial charge is 0.481 e. The summed E-state index contributed by atoms with van der Waals surface area (Å²) in [4.78, 5) is 14.2. The predicted molar refractivity (Wildman–Crippen MR) is 81.9 cm³/mol. The van der Waals surface area contributed by atoms with E-state index in [1.54, 1.807) is 0 Å². The first-order valence-electron chi connectivity index (χ1n) is 8.65. The summed E-state index contributed by atoms with van der Waals surface area (Å²) in [6.07, 6.45) is 13.1. The average molecular weight is 281 g/mol. The highest BCUT2D eigenvalue weighted by atomic mass is 16.4. The summed E-state index contributed by atoms with van der Waals surface area (Å²) in [6.45, 7) is 4.10. The number of hydrogen-bond acceptors (Lipinski definition) is 2. The molecule has 116 valence electrons. The van der Waals surface area contributed by atoms with Gasteiger partial charge in [-0.1, -0.05) is 45.4 Å². The van der Waals surface area contributed by atoms with Crippen LogP contribution < -0.4 is 0 Å². The van der Waals surface area contributed by atoms with Crippen LogP contribution in [0.25, 0.3) is 0 Å². The number of nitrogens with zero attached hydrogens (tertiary/aromatic N) is 1. The highest BCUT2D eigenvalue weighted by molar-refractivity contribution is 5.74. The second-order valence-corrected chi connectivity index (χ2v) is 6.87. The van der Waals surface area contributed by atoms with Gasteiger partial charge in [0, 0.05) is 6.04 Å². The highest BCUT2D eigenvalue weighted by Gasteiger charge is 2.41. The molecule has 0 unspecified atom stereocenters. The SMILES string of the molecule is CCCC1(C(=O)O)CCN(C2CCCCCCC2)CC1. The second-order valence-electron chi connectivity index (χ2n) is 6.87. The van der Waals surface area contributed by atoms with Gasteiger partial charge in [-0.15, -0.1) is 0 Å². The Bertz CT molecular complexity index is 300. The van der Waals surface area contributed by atoms with Gasteiger partial charge >= 0.3 is 5.97 Å². The number of hydrogen-bond donors (Lipinski definition) is 1. The van der Waals surface area contributed by atoms with Gasteiger partial charge in [-0.05, 0) is 45.2 Å². The van der Waals surface area contributed by atoms with E-state index in [2.05, 4.69) is 11.8 Å². The lowest BCUT2D eigenvalue weighted by Gasteiger charge is -2.42. The molecule has 1 N–H and O–H groups in total. The number of rotatable bonds is 4. The van der Waals surface area contributed by atoms with Gasteiger partial charge in [-0.3, -0.25) is 4.79 Å². The third-order valence-corrected chi connectivity index (χ3v) is 5.53. The molecule has 20 heavy (non-hydrogen) atoms. The Kier molecular flexibility index (Phi) is 5.88. The van der Waals surface area contributed by atoms with Gasteiger partial charge in [0.15, 0.2) is 0 Å². The van der Waals surface area contributed by atoms with Gasteiger partial charge in [0.05, 0.1) is 5.41 Å². The van der Waals surface area contributed by atoms with E-state index >= 15 is 0 Å². The fraction of sp³-hybridized carbons (Fsp3) is 0.941. The van der Waals surface area contributed by atoms with E-state index in [4.69, 9.17) is 0 Å². The van der Waals surface area contributed by atoms with Crippen molar-refractivity contribution >= 4 is 5.97 Å². The van der Waals surface area contributed by atoms with Crippen LogP contribution in [0.2, 0.25) is 0 Å². The third kappa shape index (κ3) is 3.75. The minimum Gasteiger partial charge on any atom is -0.481 e. The first-order valence-corrected chi connectivity index (χ1v) is 8.65. The lowest BCUT2D eigenvalue weighted by Crippen LogP contribution is -2.48. The van der Waals surface area contributed by atoms with Gasteiger partial charge in [0.25, 0.3) is 0 Å². The summed E-state index contributed by atoms with van der Waals surface area (Å²) < 4.78 is 0. The van der Waals surface area contributed by atoms with E-state index in [-0.39, 0.29) is 0 Å². The minimum atomic E-state index is -0.559. The van der Waals surface area contributed by atoms with E-state index in [1.165, 1.54) is 44.9 Å². The maximum atomic E-state index is 11.6. The summed E-state index contributed by atoms with van der Waals surface area (Å²) in [5.41, 5.74) is -0.424. The first-order chi connectivity index (χ1) is 9.68. The summed E-state index contributed by atoms with van der Waals surface area (Å²) >= 11 is 0. The van der Waals surface area contributed by atoms with Crippen LogP contribution in [0.1, 0.15) is 77.6 Å². The zero-order valence-corrected chi connectivity index (χ0v) is 13.1. The quantitative estimate of drug-likeness (QED) is 0.844. The fourth-order valence-corrected chi connectivity index (χ4v) is 4.17. The average Bonchev–Trinajstić information content (AvgIpc) is 2.40. The summed E-state index contributed by atoms with van der Waals surface area (Å²) in [6, 6.07) is 0.726. The van der Waals surface area contributed by atoms with Crippen molar-refractivity contribution in [2.45, 2.75) is 83.6 Å². The predicted octanol–water partition coefficient (Wildman–Crippen LogP) is 4.07. The molecule has 0 radical (unpaired) electrons. The van der Waals surface area contributed by atoms with Crippen molar-refractivity contribution in [1.29, 1.82) is 0 Å². The van der Waals surface area contributed by atoms with E-state index in [1.807, 2.05) is 0 Å². The Morgan fingerprint density at radius 2 is 1.65 bits per heavy atom. The summed E-state index contributed by atoms with van der Waals surface area (Å²) in [5, 5.41) is 9.58. The van der Waals surface area contributed by atoms with Gasteiger partial charge < -0.3 is 10.0 Å². The molecule has 3 nitrogen and oxygen atoms in total. The molecule has 3 heteroatoms. The Hall–Kier alpha value is -0.570. The topological polar surface area (TPSA) is 40.5 Å². The van der Waals surface area contributed by atoms with Crippen molar-refractivity contribution in [3.8, 4) is 0 Å². The number of carboxylic acids is 1. The van der Waals surface area contributed by atoms with Crippen molar-refractivity contribution < 1.29 is 9.90 Å². The fourth-order valence-electron chi connectivity index (χ4n) is 4.17. The van der Waals surface area contributed by atoms with Crippen molar-refractivity contribution in [3.05, 3.63) is 0 Å². The molecule has 0 aromatic heterocycles. The summed E-state index contributed by atoms with van der Waals surface area (Å²) in [5.74, 6) is -0.559. The van der Waals surface area contributed by atoms with Crippen LogP contribution in [0, 0.1) is 5.41 Å². The number of aliphatic carboxylic acids is 1. The second kappa shape index (κ2) is 7.44. The van der Waals surface area contributed by atoms with E-state index in [0.29, 0.717) is 0 Å². The molecule has 0 atom stereocenters. The molecular formula is C17H31NO2. The van der Waals surface area contributed by atoms with Crippen molar-refractivity contribution in [1.82, 2.24) is 4.90 Å². The Balaban J connectivity index is 1.90. The number of piperidine rings is 1. The van der Waals surface area contributed by atoms with Crippen LogP contribution in [0.15, 0.2) is 0 Å². The van der Waals surface area contributed by atoms with Crippen molar-refractivity contribution in [2.24, 2.45) is 5.41 Å². The zero-order chi connectivity index (χ0) is 14.4. The normalized spacial score (nSPS) is 25.9. The van der Waals surface area contributed by atoms with Gasteiger partial charge in [-0.25, -0.2) is 0 Å². The Labute approximate surface area is 123 Å². The van der Waals surface area contributed by atoms with Crippen LogP contribution in [-0.4, -0.2) is 35.1 Å². The highest BCUT2D eigenvalue weighted by Crippen LogP contribution is 2.38. The van der Waals surface area contributed by atoms with Gasteiger partial charge in [-0.2, -0.15) is 0 Å². The zero-order valence-electron chi connectivity index (χ0n) is 13.1. The molecule has 0 spiro atoms. The van der Waals surface area contributed by atoms with E-state index in [9.17, 15) is 9.90 Å². The minimum absolute atomic E-state index is 0.424. The molecule has 0 aromatic carbocycles. The maximum absolute atomic E-state index is 11.6. The molecule has 0 amide bonds. The summed E-state index contributed by atoms with van der Waals surface area (Å²) in [7, 11) is 0. The first kappa shape index (κ1) is 15.8. The standard InChI is InChI=1S/C17H31NO2/c1-2-10-17(16(19)20)11-13-18(14-12-17)15-8-6-4-3-5-7-9-15/h15H,2-14H2,1H3,(H,19,20). The maximum Gasteiger partial charge on any atom is 0.309 e. The van der Waals surface area contributed by atoms with E-state index in [0.717, 1.165) is 44.8 Å². The van der Waals surface area contributed by atoms with Gasteiger partial charge in [0.2, 0.25) is 0 Å². The lowest BCUT2D eigenvalue weighted by atomic mass is 9.74. The Morgan fingerprint density at radius 1 is 1.10 bits per heavy atom. The molecule has 1 saturated carbocycles. The monoisotopic (exact) mass is 281 g/mol. The molecule has 2 fully saturated rings. The molecule has 2 aliphatic rings. The van der Waals surface area contributed by atoms with Gasteiger partial charge in [0.1, 0.15) is 0 Å². The third-order valence-electron chi connectivity index (χ3n) is 5.53. The lowest BCUT2D eigenvalue weighted by molar-refractivity contribution is -0.153. The van der Waals surface area contributed by atoms with Crippen molar-refractivity contribution in [3.63, 3.8) is 0 Å². The number of carbonyl (C=O) groups is 1. The van der Waals surface area contributed by atoms with E-state index < -0.39 is 11.4 Å². The van der Waals surface area contributed by atoms with Crippen LogP contribution in [-0.2, 0) is 4.79 Å². The molecule has 1 aliphatic heterocycles. The molecule has 1 saturated heterocycles. The van der Waals surface area contributed by atoms with Crippen LogP contribution in [0.3, 0.4) is 0 Å². The number of carboxylic acid groups (broad SMARTS) is 1. The molecule has 0 aromatic rings. The Morgan fingerprint density at radius 3 is 2.15 bits per heavy atom. The van der Waals surface area contributed by atoms with Crippen LogP contribution in [0.4, 0.5) is 0 Å². The number of likely N-dealkylation sites (tertiary alicyclic amines) is 1. The molecule has 1 aliphatic carbocycles. The molecule has 2 rings (SSSR count). The molecule has 1 heterocycles. The molecule has 0 bridgehead atoms. The van der Waals surface area contributed by atoms with Crippen molar-refractivity contribution in [2.75, 3.05) is 13.1 Å². The smallest absolute Gasteiger partial charge is 0.309 e. The van der Waals surface area contributed by atoms with Crippen LogP contribution >= 0.6 is 0 Å².